The van der Waals surface area contributed by atoms with Crippen molar-refractivity contribution in [3.05, 3.63) is 71.5 Å². The summed E-state index contributed by atoms with van der Waals surface area (Å²) in [4.78, 5) is 8.05. The van der Waals surface area contributed by atoms with E-state index >= 15 is 0 Å². The highest BCUT2D eigenvalue weighted by Crippen LogP contribution is 2.28. The summed E-state index contributed by atoms with van der Waals surface area (Å²) in [6.45, 7) is 3.13. The van der Waals surface area contributed by atoms with Crippen molar-refractivity contribution in [2.45, 2.75) is 31.8 Å². The van der Waals surface area contributed by atoms with Crippen LogP contribution in [0.25, 0.3) is 0 Å². The molecule has 0 amide bonds. The van der Waals surface area contributed by atoms with Crippen molar-refractivity contribution in [2.75, 3.05) is 19.6 Å². The second-order valence-corrected chi connectivity index (χ2v) is 7.42. The van der Waals surface area contributed by atoms with Gasteiger partial charge >= 0.3 is 0 Å². The van der Waals surface area contributed by atoms with Crippen molar-refractivity contribution in [1.29, 1.82) is 0 Å². The second kappa shape index (κ2) is 8.00. The lowest BCUT2D eigenvalue weighted by molar-refractivity contribution is 0.0856. The topological polar surface area (TPSA) is 24.8 Å². The molecule has 0 aromatic heterocycles. The third kappa shape index (κ3) is 4.31. The molecule has 2 aromatic rings. The van der Waals surface area contributed by atoms with Gasteiger partial charge in [0.25, 0.3) is 0 Å². The molecule has 0 N–H and O–H groups in total. The van der Waals surface area contributed by atoms with Crippen molar-refractivity contribution in [3.8, 4) is 0 Å². The Morgan fingerprint density at radius 2 is 1.73 bits per heavy atom. The van der Waals surface area contributed by atoms with Crippen LogP contribution in [0.3, 0.4) is 0 Å². The van der Waals surface area contributed by atoms with Crippen LogP contribution in [-0.4, -0.2) is 30.2 Å². The Morgan fingerprint density at radius 3 is 2.46 bits per heavy atom. The molecular formula is C22H25FN2O. The van der Waals surface area contributed by atoms with Gasteiger partial charge in [0.05, 0.1) is 5.71 Å². The summed E-state index contributed by atoms with van der Waals surface area (Å²) in [7, 11) is 0. The van der Waals surface area contributed by atoms with Crippen molar-refractivity contribution in [3.63, 3.8) is 0 Å². The summed E-state index contributed by atoms with van der Waals surface area (Å²) in [6.07, 6.45) is 4.40. The number of piperidine rings is 1. The molecule has 1 unspecified atom stereocenters. The summed E-state index contributed by atoms with van der Waals surface area (Å²) in [5, 5.41) is 4.28. The molecule has 2 aliphatic heterocycles. The number of halogens is 1. The molecule has 0 bridgehead atoms. The molecule has 3 nitrogen and oxygen atoms in total. The van der Waals surface area contributed by atoms with Crippen LogP contribution < -0.4 is 0 Å². The molecule has 0 spiro atoms. The fraction of sp³-hybridized carbons (Fsp3) is 0.409. The van der Waals surface area contributed by atoms with Crippen LogP contribution in [0.4, 0.5) is 4.39 Å². The lowest BCUT2D eigenvalue weighted by Crippen LogP contribution is -2.37. The zero-order valence-corrected chi connectivity index (χ0v) is 15.0. The van der Waals surface area contributed by atoms with Gasteiger partial charge in [-0.25, -0.2) is 4.39 Å². The molecule has 0 saturated carbocycles. The van der Waals surface area contributed by atoms with Gasteiger partial charge in [0, 0.05) is 13.0 Å². The molecule has 2 aromatic carbocycles. The lowest BCUT2D eigenvalue weighted by Gasteiger charge is -2.31. The predicted octanol–water partition coefficient (Wildman–Crippen LogP) is 4.60. The first-order chi connectivity index (χ1) is 12.8. The van der Waals surface area contributed by atoms with Gasteiger partial charge in [-0.1, -0.05) is 47.6 Å². The van der Waals surface area contributed by atoms with E-state index in [0.717, 1.165) is 43.2 Å². The highest BCUT2D eigenvalue weighted by Gasteiger charge is 2.26. The number of rotatable bonds is 5. The van der Waals surface area contributed by atoms with Crippen molar-refractivity contribution >= 4 is 5.71 Å². The maximum Gasteiger partial charge on any atom is 0.157 e. The summed E-state index contributed by atoms with van der Waals surface area (Å²) in [6, 6.07) is 17.3. The standard InChI is InChI=1S/C22H25FN2O/c23-20-8-6-19(7-9-20)22-15-21(24-26-22)16-25-12-10-18(11-13-25)14-17-4-2-1-3-5-17/h1-9,18,22H,10-16H2. The molecule has 136 valence electrons. The van der Waals surface area contributed by atoms with E-state index in [1.807, 2.05) is 0 Å². The maximum absolute atomic E-state index is 13.1. The van der Waals surface area contributed by atoms with Crippen LogP contribution in [0.1, 0.15) is 36.5 Å². The molecule has 0 radical (unpaired) electrons. The number of nitrogens with zero attached hydrogens (tertiary/aromatic N) is 2. The average molecular weight is 352 g/mol. The fourth-order valence-corrected chi connectivity index (χ4v) is 3.93. The third-order valence-electron chi connectivity index (χ3n) is 5.45. The smallest absolute Gasteiger partial charge is 0.157 e. The van der Waals surface area contributed by atoms with Crippen LogP contribution in [0, 0.1) is 11.7 Å². The van der Waals surface area contributed by atoms with E-state index in [1.165, 1.54) is 37.0 Å². The third-order valence-corrected chi connectivity index (χ3v) is 5.45. The van der Waals surface area contributed by atoms with Crippen LogP contribution in [0.2, 0.25) is 0 Å². The summed E-state index contributed by atoms with van der Waals surface area (Å²) < 4.78 is 13.1. The van der Waals surface area contributed by atoms with Crippen LogP contribution >= 0.6 is 0 Å². The van der Waals surface area contributed by atoms with Crippen molar-refractivity contribution in [2.24, 2.45) is 11.1 Å². The molecule has 1 atom stereocenters. The molecule has 4 heteroatoms. The first-order valence-electron chi connectivity index (χ1n) is 9.49. The van der Waals surface area contributed by atoms with E-state index in [2.05, 4.69) is 40.4 Å². The number of hydrogen-bond acceptors (Lipinski definition) is 3. The van der Waals surface area contributed by atoms with E-state index in [0.29, 0.717) is 0 Å². The van der Waals surface area contributed by atoms with Gasteiger partial charge in [-0.3, -0.25) is 4.90 Å². The Morgan fingerprint density at radius 1 is 1.00 bits per heavy atom. The van der Waals surface area contributed by atoms with Gasteiger partial charge in [0.15, 0.2) is 6.10 Å². The quantitative estimate of drug-likeness (QED) is 0.786. The molecule has 26 heavy (non-hydrogen) atoms. The maximum atomic E-state index is 13.1. The molecule has 0 aliphatic carbocycles. The fourth-order valence-electron chi connectivity index (χ4n) is 3.93. The van der Waals surface area contributed by atoms with Crippen LogP contribution in [0.15, 0.2) is 59.8 Å². The van der Waals surface area contributed by atoms with Gasteiger partial charge in [-0.2, -0.15) is 0 Å². The van der Waals surface area contributed by atoms with Gasteiger partial charge in [0.2, 0.25) is 0 Å². The Kier molecular flexibility index (Phi) is 5.30. The van der Waals surface area contributed by atoms with Gasteiger partial charge in [0.1, 0.15) is 5.82 Å². The number of hydrogen-bond donors (Lipinski definition) is 0. The SMILES string of the molecule is Fc1ccc(C2CC(CN3CCC(Cc4ccccc4)CC3)=NO2)cc1. The van der Waals surface area contributed by atoms with Crippen LogP contribution in [0.5, 0.6) is 0 Å². The Balaban J connectivity index is 1.23. The predicted molar refractivity (Wildman–Crippen MR) is 102 cm³/mol. The second-order valence-electron chi connectivity index (χ2n) is 7.42. The largest absolute Gasteiger partial charge is 0.387 e. The zero-order chi connectivity index (χ0) is 17.8. The molecular weight excluding hydrogens is 327 g/mol. The minimum absolute atomic E-state index is 0.0683. The lowest BCUT2D eigenvalue weighted by atomic mass is 9.90. The Labute approximate surface area is 154 Å². The summed E-state index contributed by atoms with van der Waals surface area (Å²) >= 11 is 0. The molecule has 1 saturated heterocycles. The molecule has 4 rings (SSSR count). The first-order valence-corrected chi connectivity index (χ1v) is 9.49. The van der Waals surface area contributed by atoms with Gasteiger partial charge in [-0.05, 0) is 61.5 Å². The monoisotopic (exact) mass is 352 g/mol. The normalized spacial score (nSPS) is 21.4. The number of benzene rings is 2. The number of oxime groups is 1. The highest BCUT2D eigenvalue weighted by atomic mass is 19.1. The van der Waals surface area contributed by atoms with E-state index in [-0.39, 0.29) is 11.9 Å². The summed E-state index contributed by atoms with van der Waals surface area (Å²) in [5.74, 6) is 0.564. The van der Waals surface area contributed by atoms with Crippen molar-refractivity contribution < 1.29 is 9.23 Å². The summed E-state index contributed by atoms with van der Waals surface area (Å²) in [5.41, 5.74) is 3.54. The minimum atomic E-state index is -0.216. The Bertz CT molecular complexity index is 736. The Hall–Kier alpha value is -2.20. The average Bonchev–Trinajstić information content (AvgIpc) is 3.13. The number of likely N-dealkylation sites (tertiary alicyclic amines) is 1. The molecule has 1 fully saturated rings. The highest BCUT2D eigenvalue weighted by molar-refractivity contribution is 5.87. The molecule has 2 heterocycles. The molecule has 2 aliphatic rings. The first kappa shape index (κ1) is 17.2. The van der Waals surface area contributed by atoms with E-state index in [9.17, 15) is 4.39 Å². The van der Waals surface area contributed by atoms with Crippen LogP contribution in [-0.2, 0) is 11.3 Å². The van der Waals surface area contributed by atoms with Gasteiger partial charge in [-0.15, -0.1) is 0 Å². The van der Waals surface area contributed by atoms with E-state index in [4.69, 9.17) is 4.84 Å². The zero-order valence-electron chi connectivity index (χ0n) is 15.0. The van der Waals surface area contributed by atoms with Gasteiger partial charge < -0.3 is 4.84 Å². The van der Waals surface area contributed by atoms with E-state index < -0.39 is 0 Å². The minimum Gasteiger partial charge on any atom is -0.387 e. The van der Waals surface area contributed by atoms with E-state index in [1.54, 1.807) is 12.1 Å². The van der Waals surface area contributed by atoms with Crippen molar-refractivity contribution in [1.82, 2.24) is 4.90 Å².